The lowest BCUT2D eigenvalue weighted by atomic mass is 9.93. The van der Waals surface area contributed by atoms with E-state index < -0.39 is 0 Å². The molecule has 1 saturated carbocycles. The smallest absolute Gasteiger partial charge is 0.0388 e. The van der Waals surface area contributed by atoms with E-state index in [1.165, 1.54) is 36.9 Å². The van der Waals surface area contributed by atoms with Gasteiger partial charge in [0.05, 0.1) is 0 Å². The van der Waals surface area contributed by atoms with E-state index in [2.05, 4.69) is 36.1 Å². The van der Waals surface area contributed by atoms with Crippen molar-refractivity contribution < 1.29 is 0 Å². The lowest BCUT2D eigenvalue weighted by molar-refractivity contribution is 0.242. The molecule has 0 amide bonds. The molecule has 0 aromatic heterocycles. The molecule has 0 spiro atoms. The Balaban J connectivity index is 1.82. The van der Waals surface area contributed by atoms with E-state index in [4.69, 9.17) is 5.73 Å². The summed E-state index contributed by atoms with van der Waals surface area (Å²) in [5.74, 6) is 1.49. The SMILES string of the molecule is CCN1CCC(CN)C1c1ccc(C2CC2)cc1. The highest BCUT2D eigenvalue weighted by atomic mass is 15.2. The molecular weight excluding hydrogens is 220 g/mol. The summed E-state index contributed by atoms with van der Waals surface area (Å²) in [4.78, 5) is 2.57. The molecule has 2 fully saturated rings. The van der Waals surface area contributed by atoms with Crippen LogP contribution in [0.15, 0.2) is 24.3 Å². The molecule has 2 atom stereocenters. The molecule has 3 rings (SSSR count). The normalized spacial score (nSPS) is 28.8. The summed E-state index contributed by atoms with van der Waals surface area (Å²) in [6.07, 6.45) is 4.02. The van der Waals surface area contributed by atoms with Crippen LogP contribution >= 0.6 is 0 Å². The highest BCUT2D eigenvalue weighted by molar-refractivity contribution is 5.30. The van der Waals surface area contributed by atoms with Crippen molar-refractivity contribution in [3.63, 3.8) is 0 Å². The topological polar surface area (TPSA) is 29.3 Å². The first-order chi connectivity index (χ1) is 8.83. The summed E-state index contributed by atoms with van der Waals surface area (Å²) >= 11 is 0. The molecule has 1 aliphatic carbocycles. The maximum Gasteiger partial charge on any atom is 0.0388 e. The lowest BCUT2D eigenvalue weighted by Crippen LogP contribution is -2.28. The first-order valence-electron chi connectivity index (χ1n) is 7.37. The number of nitrogens with zero attached hydrogens (tertiary/aromatic N) is 1. The van der Waals surface area contributed by atoms with Gasteiger partial charge in [-0.1, -0.05) is 31.2 Å². The maximum atomic E-state index is 5.94. The van der Waals surface area contributed by atoms with E-state index in [0.29, 0.717) is 12.0 Å². The second-order valence-electron chi connectivity index (χ2n) is 5.80. The van der Waals surface area contributed by atoms with Crippen LogP contribution in [0, 0.1) is 5.92 Å². The Hall–Kier alpha value is -0.860. The fraction of sp³-hybridized carbons (Fsp3) is 0.625. The van der Waals surface area contributed by atoms with Crippen LogP contribution in [0.3, 0.4) is 0 Å². The van der Waals surface area contributed by atoms with Crippen molar-refractivity contribution in [3.8, 4) is 0 Å². The quantitative estimate of drug-likeness (QED) is 0.882. The van der Waals surface area contributed by atoms with Crippen LogP contribution in [0.4, 0.5) is 0 Å². The predicted octanol–water partition coefficient (Wildman–Crippen LogP) is 2.91. The van der Waals surface area contributed by atoms with Crippen molar-refractivity contribution in [1.29, 1.82) is 0 Å². The van der Waals surface area contributed by atoms with Gasteiger partial charge in [-0.2, -0.15) is 0 Å². The van der Waals surface area contributed by atoms with Gasteiger partial charge in [0, 0.05) is 6.04 Å². The molecule has 2 heteroatoms. The fourth-order valence-electron chi connectivity index (χ4n) is 3.39. The van der Waals surface area contributed by atoms with Crippen molar-refractivity contribution in [2.24, 2.45) is 11.7 Å². The van der Waals surface area contributed by atoms with Gasteiger partial charge in [0.1, 0.15) is 0 Å². The van der Waals surface area contributed by atoms with Gasteiger partial charge in [0.25, 0.3) is 0 Å². The monoisotopic (exact) mass is 244 g/mol. The second kappa shape index (κ2) is 5.02. The van der Waals surface area contributed by atoms with E-state index in [9.17, 15) is 0 Å². The highest BCUT2D eigenvalue weighted by Crippen LogP contribution is 2.41. The molecule has 0 bridgehead atoms. The van der Waals surface area contributed by atoms with Crippen molar-refractivity contribution in [3.05, 3.63) is 35.4 Å². The van der Waals surface area contributed by atoms with Crippen LogP contribution in [0.25, 0.3) is 0 Å². The first-order valence-corrected chi connectivity index (χ1v) is 7.37. The van der Waals surface area contributed by atoms with Crippen LogP contribution in [0.5, 0.6) is 0 Å². The maximum absolute atomic E-state index is 5.94. The van der Waals surface area contributed by atoms with Gasteiger partial charge >= 0.3 is 0 Å². The summed E-state index contributed by atoms with van der Waals surface area (Å²) in [6, 6.07) is 9.91. The van der Waals surface area contributed by atoms with Crippen molar-refractivity contribution in [2.75, 3.05) is 19.6 Å². The summed E-state index contributed by atoms with van der Waals surface area (Å²) in [5.41, 5.74) is 8.94. The number of benzene rings is 1. The van der Waals surface area contributed by atoms with Crippen LogP contribution < -0.4 is 5.73 Å². The highest BCUT2D eigenvalue weighted by Gasteiger charge is 2.33. The molecule has 2 nitrogen and oxygen atoms in total. The number of nitrogens with two attached hydrogens (primary N) is 1. The minimum absolute atomic E-state index is 0.549. The van der Waals surface area contributed by atoms with Crippen molar-refractivity contribution >= 4 is 0 Å². The number of rotatable bonds is 4. The van der Waals surface area contributed by atoms with Crippen LogP contribution in [-0.4, -0.2) is 24.5 Å². The molecule has 1 saturated heterocycles. The van der Waals surface area contributed by atoms with Crippen molar-refractivity contribution in [2.45, 2.75) is 38.1 Å². The molecule has 18 heavy (non-hydrogen) atoms. The van der Waals surface area contributed by atoms with Gasteiger partial charge in [-0.05, 0) is 61.9 Å². The van der Waals surface area contributed by atoms with Gasteiger partial charge in [0.15, 0.2) is 0 Å². The average molecular weight is 244 g/mol. The molecule has 1 aromatic rings. The standard InChI is InChI=1S/C16H24N2/c1-2-18-10-9-15(11-17)16(18)14-7-5-13(6-8-14)12-3-4-12/h5-8,12,15-16H,2-4,9-11,17H2,1H3. The minimum Gasteiger partial charge on any atom is -0.330 e. The third-order valence-corrected chi connectivity index (χ3v) is 4.66. The molecule has 2 N–H and O–H groups in total. The fourth-order valence-corrected chi connectivity index (χ4v) is 3.39. The first kappa shape index (κ1) is 12.2. The Kier molecular flexibility index (Phi) is 3.40. The van der Waals surface area contributed by atoms with Gasteiger partial charge in [-0.15, -0.1) is 0 Å². The van der Waals surface area contributed by atoms with Crippen molar-refractivity contribution in [1.82, 2.24) is 4.90 Å². The summed E-state index contributed by atoms with van der Waals surface area (Å²) in [7, 11) is 0. The Morgan fingerprint density at radius 1 is 1.11 bits per heavy atom. The van der Waals surface area contributed by atoms with E-state index in [1.54, 1.807) is 0 Å². The third kappa shape index (κ3) is 2.19. The molecule has 0 radical (unpaired) electrons. The summed E-state index contributed by atoms with van der Waals surface area (Å²) in [6.45, 7) is 5.40. The summed E-state index contributed by atoms with van der Waals surface area (Å²) < 4.78 is 0. The second-order valence-corrected chi connectivity index (χ2v) is 5.80. The zero-order chi connectivity index (χ0) is 12.5. The molecule has 1 aliphatic heterocycles. The molecule has 1 aromatic carbocycles. The van der Waals surface area contributed by atoms with Crippen LogP contribution in [-0.2, 0) is 0 Å². The predicted molar refractivity (Wildman–Crippen MR) is 75.6 cm³/mol. The summed E-state index contributed by atoms with van der Waals surface area (Å²) in [5, 5.41) is 0. The molecule has 2 aliphatic rings. The van der Waals surface area contributed by atoms with E-state index in [0.717, 1.165) is 19.0 Å². The van der Waals surface area contributed by atoms with E-state index in [1.807, 2.05) is 0 Å². The van der Waals surface area contributed by atoms with Gasteiger partial charge in [-0.3, -0.25) is 4.90 Å². The molecule has 98 valence electrons. The van der Waals surface area contributed by atoms with Gasteiger partial charge in [-0.25, -0.2) is 0 Å². The minimum atomic E-state index is 0.549. The van der Waals surface area contributed by atoms with Gasteiger partial charge in [0.2, 0.25) is 0 Å². The Morgan fingerprint density at radius 2 is 1.78 bits per heavy atom. The zero-order valence-electron chi connectivity index (χ0n) is 11.3. The lowest BCUT2D eigenvalue weighted by Gasteiger charge is -2.27. The molecule has 2 unspecified atom stereocenters. The Bertz CT molecular complexity index is 382. The van der Waals surface area contributed by atoms with E-state index in [-0.39, 0.29) is 0 Å². The number of hydrogen-bond donors (Lipinski definition) is 1. The average Bonchev–Trinajstić information content (AvgIpc) is 3.18. The molecular formula is C16H24N2. The zero-order valence-corrected chi connectivity index (χ0v) is 11.3. The van der Waals surface area contributed by atoms with Gasteiger partial charge < -0.3 is 5.73 Å². The third-order valence-electron chi connectivity index (χ3n) is 4.66. The Morgan fingerprint density at radius 3 is 2.33 bits per heavy atom. The Labute approximate surface area is 110 Å². The van der Waals surface area contributed by atoms with Crippen LogP contribution in [0.1, 0.15) is 49.3 Å². The number of hydrogen-bond acceptors (Lipinski definition) is 2. The number of likely N-dealkylation sites (tertiary alicyclic amines) is 1. The molecule has 1 heterocycles. The van der Waals surface area contributed by atoms with E-state index >= 15 is 0 Å². The largest absolute Gasteiger partial charge is 0.330 e. The van der Waals surface area contributed by atoms with Crippen LogP contribution in [0.2, 0.25) is 0 Å².